The molecule has 6 heteroatoms. The molecule has 0 fully saturated rings. The Morgan fingerprint density at radius 3 is 2.45 bits per heavy atom. The quantitative estimate of drug-likeness (QED) is 0.503. The van der Waals surface area contributed by atoms with E-state index in [1.807, 2.05) is 24.3 Å². The number of para-hydroxylation sites is 1. The number of aromatic nitrogens is 1. The first-order chi connectivity index (χ1) is 14.1. The minimum Gasteiger partial charge on any atom is -0.450 e. The Bertz CT molecular complexity index is 1280. The number of hydrogen-bond acceptors (Lipinski definition) is 4. The molecule has 0 bridgehead atoms. The normalized spacial score (nSPS) is 15.7. The molecule has 0 saturated carbocycles. The van der Waals surface area contributed by atoms with Gasteiger partial charge in [0.15, 0.2) is 5.43 Å². The standard InChI is InChI=1S/C23H15ClN2O3/c24-16-7-5-15(6-8-16)20-19-21(27)17-3-1-2-4-18(17)29-22(19)23(28)26(20)13-14-9-11-25-12-10-14/h1-12,20H,13H2/t20-/m0/s1. The fourth-order valence-electron chi connectivity index (χ4n) is 3.81. The first-order valence-corrected chi connectivity index (χ1v) is 9.52. The predicted molar refractivity (Wildman–Crippen MR) is 110 cm³/mol. The number of carbonyl (C=O) groups is 1. The van der Waals surface area contributed by atoms with Crippen LogP contribution in [0.4, 0.5) is 0 Å². The van der Waals surface area contributed by atoms with E-state index >= 15 is 0 Å². The van der Waals surface area contributed by atoms with Gasteiger partial charge < -0.3 is 9.32 Å². The third kappa shape index (κ3) is 2.91. The second kappa shape index (κ2) is 6.87. The number of benzene rings is 2. The van der Waals surface area contributed by atoms with Crippen molar-refractivity contribution in [3.8, 4) is 0 Å². The molecule has 5 nitrogen and oxygen atoms in total. The van der Waals surface area contributed by atoms with E-state index in [-0.39, 0.29) is 17.1 Å². The van der Waals surface area contributed by atoms with Gasteiger partial charge in [-0.1, -0.05) is 35.9 Å². The maximum absolute atomic E-state index is 13.3. The molecule has 1 amide bonds. The summed E-state index contributed by atoms with van der Waals surface area (Å²) < 4.78 is 5.91. The minimum atomic E-state index is -0.552. The fourth-order valence-corrected chi connectivity index (χ4v) is 3.93. The number of pyridine rings is 1. The summed E-state index contributed by atoms with van der Waals surface area (Å²) in [6.45, 7) is 0.328. The van der Waals surface area contributed by atoms with E-state index < -0.39 is 6.04 Å². The topological polar surface area (TPSA) is 63.4 Å². The second-order valence-corrected chi connectivity index (χ2v) is 7.35. The van der Waals surface area contributed by atoms with Crippen molar-refractivity contribution in [1.82, 2.24) is 9.88 Å². The van der Waals surface area contributed by atoms with Crippen LogP contribution in [-0.2, 0) is 6.54 Å². The van der Waals surface area contributed by atoms with Gasteiger partial charge in [-0.25, -0.2) is 0 Å². The molecule has 0 saturated heterocycles. The molecule has 2 aromatic carbocycles. The highest BCUT2D eigenvalue weighted by Gasteiger charge is 2.42. The molecule has 1 atom stereocenters. The summed E-state index contributed by atoms with van der Waals surface area (Å²) in [5, 5.41) is 1.05. The van der Waals surface area contributed by atoms with Crippen molar-refractivity contribution in [1.29, 1.82) is 0 Å². The highest BCUT2D eigenvalue weighted by atomic mass is 35.5. The van der Waals surface area contributed by atoms with Gasteiger partial charge in [-0.2, -0.15) is 0 Å². The first-order valence-electron chi connectivity index (χ1n) is 9.14. The van der Waals surface area contributed by atoms with Gasteiger partial charge in [0.2, 0.25) is 5.76 Å². The Balaban J connectivity index is 1.73. The van der Waals surface area contributed by atoms with Crippen molar-refractivity contribution in [2.75, 3.05) is 0 Å². The highest BCUT2D eigenvalue weighted by molar-refractivity contribution is 6.30. The van der Waals surface area contributed by atoms with E-state index in [0.29, 0.717) is 28.1 Å². The van der Waals surface area contributed by atoms with Gasteiger partial charge in [0.25, 0.3) is 5.91 Å². The zero-order valence-electron chi connectivity index (χ0n) is 15.2. The molecular formula is C23H15ClN2O3. The molecule has 142 valence electrons. The Labute approximate surface area is 171 Å². The predicted octanol–water partition coefficient (Wildman–Crippen LogP) is 4.59. The van der Waals surface area contributed by atoms with Crippen LogP contribution in [0.25, 0.3) is 11.0 Å². The van der Waals surface area contributed by atoms with Crippen molar-refractivity contribution >= 4 is 28.5 Å². The lowest BCUT2D eigenvalue weighted by Gasteiger charge is -2.25. The number of halogens is 1. The van der Waals surface area contributed by atoms with Crippen LogP contribution in [0.5, 0.6) is 0 Å². The largest absolute Gasteiger partial charge is 0.450 e. The highest BCUT2D eigenvalue weighted by Crippen LogP contribution is 2.39. The molecule has 0 spiro atoms. The van der Waals surface area contributed by atoms with Crippen LogP contribution in [0, 0.1) is 0 Å². The molecule has 0 radical (unpaired) electrons. The minimum absolute atomic E-state index is 0.0997. The average Bonchev–Trinajstić information content (AvgIpc) is 3.02. The fraction of sp³-hybridized carbons (Fsp3) is 0.0870. The van der Waals surface area contributed by atoms with Gasteiger partial charge >= 0.3 is 0 Å². The summed E-state index contributed by atoms with van der Waals surface area (Å²) in [6, 6.07) is 17.3. The number of fused-ring (bicyclic) bond motifs is 2. The number of nitrogens with zero attached hydrogens (tertiary/aromatic N) is 2. The summed E-state index contributed by atoms with van der Waals surface area (Å²) in [7, 11) is 0. The molecule has 0 unspecified atom stereocenters. The monoisotopic (exact) mass is 402 g/mol. The third-order valence-electron chi connectivity index (χ3n) is 5.16. The van der Waals surface area contributed by atoms with Crippen molar-refractivity contribution in [2.45, 2.75) is 12.6 Å². The summed E-state index contributed by atoms with van der Waals surface area (Å²) in [6.07, 6.45) is 3.36. The maximum atomic E-state index is 13.3. The number of hydrogen-bond donors (Lipinski definition) is 0. The van der Waals surface area contributed by atoms with Crippen LogP contribution in [-0.4, -0.2) is 15.8 Å². The van der Waals surface area contributed by atoms with Gasteiger partial charge in [-0.15, -0.1) is 0 Å². The van der Waals surface area contributed by atoms with Gasteiger partial charge in [0.05, 0.1) is 17.0 Å². The second-order valence-electron chi connectivity index (χ2n) is 6.91. The number of amides is 1. The summed E-state index contributed by atoms with van der Waals surface area (Å²) in [5.74, 6) is -0.206. The molecule has 0 N–H and O–H groups in total. The number of carbonyl (C=O) groups excluding carboxylic acids is 1. The van der Waals surface area contributed by atoms with E-state index in [9.17, 15) is 9.59 Å². The lowest BCUT2D eigenvalue weighted by Crippen LogP contribution is -2.29. The third-order valence-corrected chi connectivity index (χ3v) is 5.41. The van der Waals surface area contributed by atoms with Crippen molar-refractivity contribution < 1.29 is 9.21 Å². The summed E-state index contributed by atoms with van der Waals surface area (Å²) in [5.41, 5.74) is 2.30. The Morgan fingerprint density at radius 1 is 0.966 bits per heavy atom. The molecule has 5 rings (SSSR count). The van der Waals surface area contributed by atoms with Crippen LogP contribution in [0.1, 0.15) is 33.3 Å². The Hall–Kier alpha value is -3.44. The Kier molecular flexibility index (Phi) is 4.18. The molecule has 1 aliphatic rings. The maximum Gasteiger partial charge on any atom is 0.291 e. The van der Waals surface area contributed by atoms with Gasteiger partial charge in [0.1, 0.15) is 5.58 Å². The van der Waals surface area contributed by atoms with Gasteiger partial charge in [0, 0.05) is 24.0 Å². The molecule has 0 aliphatic carbocycles. The zero-order chi connectivity index (χ0) is 20.0. The SMILES string of the molecule is O=C1c2oc3ccccc3c(=O)c2[C@H](c2ccc(Cl)cc2)N1Cc1ccncc1. The van der Waals surface area contributed by atoms with Crippen molar-refractivity contribution in [3.63, 3.8) is 0 Å². The molecule has 4 aromatic rings. The molecule has 3 heterocycles. The smallest absolute Gasteiger partial charge is 0.291 e. The van der Waals surface area contributed by atoms with Gasteiger partial charge in [-0.05, 0) is 47.5 Å². The van der Waals surface area contributed by atoms with Crippen molar-refractivity contribution in [3.05, 3.63) is 111 Å². The van der Waals surface area contributed by atoms with Crippen LogP contribution in [0.2, 0.25) is 5.02 Å². The summed E-state index contributed by atoms with van der Waals surface area (Å²) in [4.78, 5) is 32.3. The van der Waals surface area contributed by atoms with Crippen LogP contribution >= 0.6 is 11.6 Å². The number of rotatable bonds is 3. The van der Waals surface area contributed by atoms with Crippen LogP contribution in [0.15, 0.2) is 82.3 Å². The Morgan fingerprint density at radius 2 is 1.69 bits per heavy atom. The van der Waals surface area contributed by atoms with E-state index in [4.69, 9.17) is 16.0 Å². The van der Waals surface area contributed by atoms with Crippen molar-refractivity contribution in [2.24, 2.45) is 0 Å². The first kappa shape index (κ1) is 17.6. The van der Waals surface area contributed by atoms with E-state index in [1.165, 1.54) is 0 Å². The van der Waals surface area contributed by atoms with E-state index in [2.05, 4.69) is 4.98 Å². The van der Waals surface area contributed by atoms with Gasteiger partial charge in [-0.3, -0.25) is 14.6 Å². The molecule has 2 aromatic heterocycles. The zero-order valence-corrected chi connectivity index (χ0v) is 16.0. The lowest BCUT2D eigenvalue weighted by molar-refractivity contribution is 0.0714. The molecule has 1 aliphatic heterocycles. The van der Waals surface area contributed by atoms with Crippen LogP contribution < -0.4 is 5.43 Å². The molecule has 29 heavy (non-hydrogen) atoms. The van der Waals surface area contributed by atoms with E-state index in [0.717, 1.165) is 11.1 Å². The van der Waals surface area contributed by atoms with E-state index in [1.54, 1.807) is 53.7 Å². The van der Waals surface area contributed by atoms with Crippen LogP contribution in [0.3, 0.4) is 0 Å². The summed E-state index contributed by atoms with van der Waals surface area (Å²) >= 11 is 6.06. The lowest BCUT2D eigenvalue weighted by atomic mass is 9.98. The molecular weight excluding hydrogens is 388 g/mol. The average molecular weight is 403 g/mol.